The van der Waals surface area contributed by atoms with Crippen LogP contribution < -0.4 is 0 Å². The van der Waals surface area contributed by atoms with Crippen LogP contribution in [0.3, 0.4) is 0 Å². The van der Waals surface area contributed by atoms with Gasteiger partial charge in [-0.05, 0) is 0 Å². The second-order valence-electron chi connectivity index (χ2n) is 3.35. The van der Waals surface area contributed by atoms with Gasteiger partial charge in [0.1, 0.15) is 0 Å². The summed E-state index contributed by atoms with van der Waals surface area (Å²) in [5.74, 6) is 3.98. The summed E-state index contributed by atoms with van der Waals surface area (Å²) in [6.45, 7) is 4.97. The normalized spacial score (nSPS) is 15.2. The highest BCUT2D eigenvalue weighted by Gasteiger charge is 2.05. The minimum Gasteiger partial charge on any atom is -0.396 e. The largest absolute Gasteiger partial charge is 0.396 e. The Morgan fingerprint density at radius 3 is 1.60 bits per heavy atom. The molecule has 0 aliphatic rings. The minimum absolute atomic E-state index is 0.280. The molecule has 0 aromatic rings. The van der Waals surface area contributed by atoms with Crippen LogP contribution in [0.1, 0.15) is 13.8 Å². The van der Waals surface area contributed by atoms with Gasteiger partial charge < -0.3 is 10.2 Å². The molecule has 0 heterocycles. The molecule has 0 aromatic heterocycles. The Morgan fingerprint density at radius 1 is 0.867 bits per heavy atom. The minimum atomic E-state index is 0.280. The summed E-state index contributed by atoms with van der Waals surface area (Å²) in [7, 11) is 0. The van der Waals surface area contributed by atoms with E-state index in [0.29, 0.717) is 10.5 Å². The lowest BCUT2D eigenvalue weighted by Gasteiger charge is -2.13. The first-order valence-electron chi connectivity index (χ1n) is 5.23. The maximum absolute atomic E-state index is 8.67. The predicted molar refractivity (Wildman–Crippen MR) is 75.3 cm³/mol. The van der Waals surface area contributed by atoms with Gasteiger partial charge in [0, 0.05) is 33.5 Å². The smallest absolute Gasteiger partial charge is 0.0521 e. The Labute approximate surface area is 106 Å². The first-order chi connectivity index (χ1) is 7.20. The van der Waals surface area contributed by atoms with E-state index < -0.39 is 0 Å². The molecule has 0 saturated carbocycles. The number of aliphatic hydroxyl groups is 2. The van der Waals surface area contributed by atoms with E-state index in [4.69, 9.17) is 10.2 Å². The number of rotatable bonds is 10. The summed E-state index contributed by atoms with van der Waals surface area (Å²) in [5, 5.41) is 18.6. The van der Waals surface area contributed by atoms with Crippen molar-refractivity contribution in [1.29, 1.82) is 0 Å². The SMILES string of the molecule is CC(CSCC(C)SCCO)SCCO. The lowest BCUT2D eigenvalue weighted by Crippen LogP contribution is -2.08. The lowest BCUT2D eigenvalue weighted by atomic mass is 10.5. The molecule has 0 aromatic carbocycles. The molecule has 0 saturated heterocycles. The Bertz CT molecular complexity index is 122. The second kappa shape index (κ2) is 11.5. The summed E-state index contributed by atoms with van der Waals surface area (Å²) < 4.78 is 0. The molecule has 5 heteroatoms. The Balaban J connectivity index is 3.27. The maximum atomic E-state index is 8.67. The summed E-state index contributed by atoms with van der Waals surface area (Å²) in [6, 6.07) is 0. The molecule has 0 bridgehead atoms. The second-order valence-corrected chi connectivity index (χ2v) is 7.52. The van der Waals surface area contributed by atoms with Crippen LogP contribution in [-0.4, -0.2) is 56.9 Å². The highest BCUT2D eigenvalue weighted by Crippen LogP contribution is 2.20. The fraction of sp³-hybridized carbons (Fsp3) is 1.00. The van der Waals surface area contributed by atoms with Crippen molar-refractivity contribution in [3.8, 4) is 0 Å². The van der Waals surface area contributed by atoms with Crippen molar-refractivity contribution in [2.24, 2.45) is 0 Å². The standard InChI is InChI=1S/C10H22O2S3/c1-9(14-5-3-11)7-13-8-10(2)15-6-4-12/h9-12H,3-8H2,1-2H3. The van der Waals surface area contributed by atoms with Gasteiger partial charge in [-0.1, -0.05) is 13.8 Å². The third-order valence-electron chi connectivity index (χ3n) is 1.69. The molecule has 0 radical (unpaired) electrons. The summed E-state index contributed by atoms with van der Waals surface area (Å²) in [6.07, 6.45) is 0. The number of hydrogen-bond acceptors (Lipinski definition) is 5. The van der Waals surface area contributed by atoms with Gasteiger partial charge in [0.05, 0.1) is 13.2 Å². The van der Waals surface area contributed by atoms with Gasteiger partial charge in [-0.2, -0.15) is 35.3 Å². The van der Waals surface area contributed by atoms with Gasteiger partial charge in [0.15, 0.2) is 0 Å². The monoisotopic (exact) mass is 270 g/mol. The van der Waals surface area contributed by atoms with Gasteiger partial charge in [-0.3, -0.25) is 0 Å². The van der Waals surface area contributed by atoms with Crippen molar-refractivity contribution in [3.63, 3.8) is 0 Å². The van der Waals surface area contributed by atoms with E-state index in [2.05, 4.69) is 13.8 Å². The van der Waals surface area contributed by atoms with E-state index in [1.807, 2.05) is 35.3 Å². The van der Waals surface area contributed by atoms with Crippen molar-refractivity contribution in [2.45, 2.75) is 24.3 Å². The molecule has 2 atom stereocenters. The molecular weight excluding hydrogens is 248 g/mol. The third kappa shape index (κ3) is 11.2. The molecule has 0 amide bonds. The predicted octanol–water partition coefficient (Wildman–Crippen LogP) is 1.95. The molecule has 0 aliphatic heterocycles. The summed E-state index contributed by atoms with van der Waals surface area (Å²) in [4.78, 5) is 0. The van der Waals surface area contributed by atoms with Gasteiger partial charge >= 0.3 is 0 Å². The Hall–Kier alpha value is 0.970. The molecule has 0 rings (SSSR count). The van der Waals surface area contributed by atoms with Crippen LogP contribution in [0.2, 0.25) is 0 Å². The van der Waals surface area contributed by atoms with Crippen molar-refractivity contribution >= 4 is 35.3 Å². The topological polar surface area (TPSA) is 40.5 Å². The van der Waals surface area contributed by atoms with E-state index in [-0.39, 0.29) is 13.2 Å². The molecule has 0 aliphatic carbocycles. The molecule has 2 nitrogen and oxygen atoms in total. The number of hydrogen-bond donors (Lipinski definition) is 2. The van der Waals surface area contributed by atoms with E-state index >= 15 is 0 Å². The zero-order valence-electron chi connectivity index (χ0n) is 9.52. The Kier molecular flexibility index (Phi) is 12.2. The van der Waals surface area contributed by atoms with Crippen LogP contribution in [0.4, 0.5) is 0 Å². The molecular formula is C10H22O2S3. The number of aliphatic hydroxyl groups excluding tert-OH is 2. The molecule has 0 spiro atoms. The van der Waals surface area contributed by atoms with Gasteiger partial charge in [-0.15, -0.1) is 0 Å². The molecule has 0 fully saturated rings. The van der Waals surface area contributed by atoms with Crippen LogP contribution in [0.15, 0.2) is 0 Å². The summed E-state index contributed by atoms with van der Waals surface area (Å²) >= 11 is 5.62. The van der Waals surface area contributed by atoms with Gasteiger partial charge in [0.25, 0.3) is 0 Å². The zero-order valence-corrected chi connectivity index (χ0v) is 12.0. The maximum Gasteiger partial charge on any atom is 0.0521 e. The average molecular weight is 270 g/mol. The average Bonchev–Trinajstić information content (AvgIpc) is 2.23. The highest BCUT2D eigenvalue weighted by atomic mass is 32.2. The number of thioether (sulfide) groups is 3. The fourth-order valence-electron chi connectivity index (χ4n) is 1.00. The molecule has 2 unspecified atom stereocenters. The van der Waals surface area contributed by atoms with Crippen LogP contribution in [-0.2, 0) is 0 Å². The van der Waals surface area contributed by atoms with E-state index in [1.165, 1.54) is 0 Å². The van der Waals surface area contributed by atoms with Crippen LogP contribution >= 0.6 is 35.3 Å². The van der Waals surface area contributed by atoms with Crippen LogP contribution in [0.25, 0.3) is 0 Å². The first kappa shape index (κ1) is 16.0. The van der Waals surface area contributed by atoms with Gasteiger partial charge in [0.2, 0.25) is 0 Å². The molecule has 15 heavy (non-hydrogen) atoms. The quantitative estimate of drug-likeness (QED) is 0.635. The van der Waals surface area contributed by atoms with E-state index in [9.17, 15) is 0 Å². The Morgan fingerprint density at radius 2 is 1.27 bits per heavy atom. The first-order valence-corrected chi connectivity index (χ1v) is 8.48. The van der Waals surface area contributed by atoms with E-state index in [1.54, 1.807) is 0 Å². The lowest BCUT2D eigenvalue weighted by molar-refractivity contribution is 0.322. The molecule has 92 valence electrons. The van der Waals surface area contributed by atoms with Crippen LogP contribution in [0, 0.1) is 0 Å². The van der Waals surface area contributed by atoms with E-state index in [0.717, 1.165) is 23.0 Å². The zero-order chi connectivity index (χ0) is 11.5. The van der Waals surface area contributed by atoms with Crippen molar-refractivity contribution in [2.75, 3.05) is 36.2 Å². The fourth-order valence-corrected chi connectivity index (χ4v) is 4.17. The van der Waals surface area contributed by atoms with Crippen molar-refractivity contribution in [1.82, 2.24) is 0 Å². The summed E-state index contributed by atoms with van der Waals surface area (Å²) in [5.41, 5.74) is 0. The van der Waals surface area contributed by atoms with Gasteiger partial charge in [-0.25, -0.2) is 0 Å². The van der Waals surface area contributed by atoms with Crippen LogP contribution in [0.5, 0.6) is 0 Å². The van der Waals surface area contributed by atoms with Crippen molar-refractivity contribution < 1.29 is 10.2 Å². The highest BCUT2D eigenvalue weighted by molar-refractivity contribution is 8.05. The molecule has 2 N–H and O–H groups in total. The van der Waals surface area contributed by atoms with Crippen molar-refractivity contribution in [3.05, 3.63) is 0 Å². The third-order valence-corrected chi connectivity index (χ3v) is 5.89.